The van der Waals surface area contributed by atoms with Crippen molar-refractivity contribution in [2.24, 2.45) is 5.73 Å². The normalized spacial score (nSPS) is 8.00. The molecule has 0 rings (SSSR count). The first-order valence-electron chi connectivity index (χ1n) is 2.46. The minimum Gasteiger partial charge on any atom is -0.430 e. The lowest BCUT2D eigenvalue weighted by atomic mass is 10.7. The molecule has 0 radical (unpaired) electrons. The van der Waals surface area contributed by atoms with Gasteiger partial charge in [0.05, 0.1) is 0 Å². The summed E-state index contributed by atoms with van der Waals surface area (Å²) in [5, 5.41) is 6.49. The number of nitrogens with two attached hydrogens (primary N) is 1. The number of ether oxygens (including phenoxy) is 2. The van der Waals surface area contributed by atoms with Gasteiger partial charge in [-0.2, -0.15) is 0 Å². The van der Waals surface area contributed by atoms with Crippen molar-refractivity contribution in [2.45, 2.75) is 0 Å². The smallest absolute Gasteiger partial charge is 0.430 e. The summed E-state index contributed by atoms with van der Waals surface area (Å²) < 4.78 is 8.31. The van der Waals surface area contributed by atoms with Gasteiger partial charge in [0.25, 0.3) is 6.02 Å². The third-order valence-corrected chi connectivity index (χ3v) is 0.512. The van der Waals surface area contributed by atoms with E-state index in [0.29, 0.717) is 0 Å². The maximum absolute atomic E-state index is 10.3. The second-order valence-corrected chi connectivity index (χ2v) is 1.32. The van der Waals surface area contributed by atoms with Gasteiger partial charge in [-0.1, -0.05) is 12.7 Å². The Labute approximate surface area is 57.9 Å². The van der Waals surface area contributed by atoms with Gasteiger partial charge >= 0.3 is 6.16 Å². The SMILES string of the molecule is C=CCOC(=O)OC(=N)N. The fourth-order valence-electron chi connectivity index (χ4n) is 0.246. The summed E-state index contributed by atoms with van der Waals surface area (Å²) in [7, 11) is 0. The third-order valence-electron chi connectivity index (χ3n) is 0.512. The predicted octanol–water partition coefficient (Wildman–Crippen LogP) is 0.219. The molecule has 0 atom stereocenters. The molecule has 0 aliphatic rings. The lowest BCUT2D eigenvalue weighted by molar-refractivity contribution is 0.105. The zero-order chi connectivity index (χ0) is 7.98. The van der Waals surface area contributed by atoms with Gasteiger partial charge in [0, 0.05) is 0 Å². The van der Waals surface area contributed by atoms with Crippen LogP contribution in [0, 0.1) is 5.41 Å². The number of carbonyl (C=O) groups excluding carboxylic acids is 1. The number of rotatable bonds is 2. The zero-order valence-corrected chi connectivity index (χ0v) is 5.29. The summed E-state index contributed by atoms with van der Waals surface area (Å²) in [5.74, 6) is 0. The van der Waals surface area contributed by atoms with E-state index in [4.69, 9.17) is 11.1 Å². The summed E-state index contributed by atoms with van der Waals surface area (Å²) in [6, 6.07) is -0.686. The Morgan fingerprint density at radius 3 is 2.80 bits per heavy atom. The van der Waals surface area contributed by atoms with Crippen LogP contribution in [0.2, 0.25) is 0 Å². The van der Waals surface area contributed by atoms with Crippen LogP contribution in [0.5, 0.6) is 0 Å². The lowest BCUT2D eigenvalue weighted by Gasteiger charge is -1.99. The molecule has 0 aliphatic carbocycles. The standard InChI is InChI=1S/C5H8N2O3/c1-2-3-9-5(8)10-4(6)7/h2H,1,3H2,(H3,6,7). The van der Waals surface area contributed by atoms with E-state index >= 15 is 0 Å². The van der Waals surface area contributed by atoms with Crippen molar-refractivity contribution in [3.63, 3.8) is 0 Å². The highest BCUT2D eigenvalue weighted by Crippen LogP contribution is 1.83. The van der Waals surface area contributed by atoms with Crippen LogP contribution >= 0.6 is 0 Å². The molecule has 0 aromatic rings. The van der Waals surface area contributed by atoms with Crippen LogP contribution in [0.1, 0.15) is 0 Å². The molecule has 0 saturated carbocycles. The quantitative estimate of drug-likeness (QED) is 0.251. The molecule has 0 spiro atoms. The van der Waals surface area contributed by atoms with Crippen molar-refractivity contribution >= 4 is 12.2 Å². The van der Waals surface area contributed by atoms with Crippen molar-refractivity contribution in [1.82, 2.24) is 0 Å². The zero-order valence-electron chi connectivity index (χ0n) is 5.29. The van der Waals surface area contributed by atoms with Gasteiger partial charge in [-0.25, -0.2) is 4.79 Å². The Kier molecular flexibility index (Phi) is 3.70. The van der Waals surface area contributed by atoms with E-state index < -0.39 is 12.2 Å². The Morgan fingerprint density at radius 2 is 2.40 bits per heavy atom. The van der Waals surface area contributed by atoms with E-state index in [2.05, 4.69) is 16.1 Å². The largest absolute Gasteiger partial charge is 0.516 e. The van der Waals surface area contributed by atoms with Crippen LogP contribution in [0.25, 0.3) is 0 Å². The average Bonchev–Trinajstić information content (AvgIpc) is 1.82. The molecule has 0 aromatic heterocycles. The molecule has 0 amide bonds. The van der Waals surface area contributed by atoms with Gasteiger partial charge < -0.3 is 15.2 Å². The molecule has 5 heteroatoms. The summed E-state index contributed by atoms with van der Waals surface area (Å²) in [6.45, 7) is 3.34. The van der Waals surface area contributed by atoms with Gasteiger partial charge in [0.2, 0.25) is 0 Å². The first-order chi connectivity index (χ1) is 4.66. The fraction of sp³-hybridized carbons (Fsp3) is 0.200. The first-order valence-corrected chi connectivity index (χ1v) is 2.46. The van der Waals surface area contributed by atoms with Crippen LogP contribution in [0.15, 0.2) is 12.7 Å². The number of amidine groups is 1. The fourth-order valence-corrected chi connectivity index (χ4v) is 0.246. The number of hydrogen-bond donors (Lipinski definition) is 2. The molecule has 0 saturated heterocycles. The summed E-state index contributed by atoms with van der Waals surface area (Å²) in [5.41, 5.74) is 4.70. The van der Waals surface area contributed by atoms with E-state index in [1.165, 1.54) is 6.08 Å². The molecule has 0 aromatic carbocycles. The molecular formula is C5H8N2O3. The van der Waals surface area contributed by atoms with E-state index in [0.717, 1.165) is 0 Å². The topological polar surface area (TPSA) is 85.4 Å². The number of hydrogen-bond acceptors (Lipinski definition) is 4. The first kappa shape index (κ1) is 8.48. The molecule has 0 heterocycles. The Bertz CT molecular complexity index is 155. The highest BCUT2D eigenvalue weighted by Gasteiger charge is 2.02. The van der Waals surface area contributed by atoms with Crippen LogP contribution in [0.3, 0.4) is 0 Å². The molecule has 56 valence electrons. The molecule has 10 heavy (non-hydrogen) atoms. The minimum absolute atomic E-state index is 0.0477. The number of carbonyl (C=O) groups is 1. The van der Waals surface area contributed by atoms with E-state index in [9.17, 15) is 4.79 Å². The Morgan fingerprint density at radius 1 is 1.80 bits per heavy atom. The average molecular weight is 144 g/mol. The Balaban J connectivity index is 3.43. The second-order valence-electron chi connectivity index (χ2n) is 1.32. The third kappa shape index (κ3) is 4.63. The van der Waals surface area contributed by atoms with Gasteiger partial charge in [0.1, 0.15) is 6.61 Å². The van der Waals surface area contributed by atoms with Crippen molar-refractivity contribution < 1.29 is 14.3 Å². The highest BCUT2D eigenvalue weighted by atomic mass is 16.7. The predicted molar refractivity (Wildman–Crippen MR) is 34.5 cm³/mol. The maximum Gasteiger partial charge on any atom is 0.516 e. The molecule has 0 unspecified atom stereocenters. The maximum atomic E-state index is 10.3. The summed E-state index contributed by atoms with van der Waals surface area (Å²) >= 11 is 0. The van der Waals surface area contributed by atoms with E-state index in [-0.39, 0.29) is 6.61 Å². The molecule has 3 N–H and O–H groups in total. The lowest BCUT2D eigenvalue weighted by Crippen LogP contribution is -2.20. The van der Waals surface area contributed by atoms with Gasteiger partial charge in [-0.15, -0.1) is 0 Å². The Hall–Kier alpha value is -1.52. The second kappa shape index (κ2) is 4.37. The van der Waals surface area contributed by atoms with E-state index in [1.54, 1.807) is 0 Å². The number of nitrogens with one attached hydrogen (secondary N) is 1. The van der Waals surface area contributed by atoms with Crippen molar-refractivity contribution in [1.29, 1.82) is 5.41 Å². The van der Waals surface area contributed by atoms with Crippen LogP contribution in [-0.2, 0) is 9.47 Å². The molecular weight excluding hydrogens is 136 g/mol. The van der Waals surface area contributed by atoms with Crippen molar-refractivity contribution in [3.05, 3.63) is 12.7 Å². The summed E-state index contributed by atoms with van der Waals surface area (Å²) in [4.78, 5) is 10.3. The van der Waals surface area contributed by atoms with Crippen LogP contribution < -0.4 is 5.73 Å². The van der Waals surface area contributed by atoms with Gasteiger partial charge in [-0.05, 0) is 0 Å². The van der Waals surface area contributed by atoms with E-state index in [1.807, 2.05) is 0 Å². The minimum atomic E-state index is -0.993. The molecule has 0 fully saturated rings. The highest BCUT2D eigenvalue weighted by molar-refractivity contribution is 5.80. The van der Waals surface area contributed by atoms with Crippen LogP contribution in [0.4, 0.5) is 4.79 Å². The van der Waals surface area contributed by atoms with Gasteiger partial charge in [0.15, 0.2) is 0 Å². The van der Waals surface area contributed by atoms with Crippen molar-refractivity contribution in [3.8, 4) is 0 Å². The van der Waals surface area contributed by atoms with Crippen molar-refractivity contribution in [2.75, 3.05) is 6.61 Å². The molecule has 0 bridgehead atoms. The summed E-state index contributed by atoms with van der Waals surface area (Å²) in [6.07, 6.45) is 0.383. The van der Waals surface area contributed by atoms with Crippen LogP contribution in [-0.4, -0.2) is 18.8 Å². The molecule has 5 nitrogen and oxygen atoms in total. The molecule has 0 aliphatic heterocycles. The van der Waals surface area contributed by atoms with Gasteiger partial charge in [-0.3, -0.25) is 5.41 Å². The monoisotopic (exact) mass is 144 g/mol.